The van der Waals surface area contributed by atoms with Gasteiger partial charge in [0, 0.05) is 40.9 Å². The average molecular weight is 455 g/mol. The van der Waals surface area contributed by atoms with Crippen LogP contribution in [0.3, 0.4) is 0 Å². The van der Waals surface area contributed by atoms with E-state index in [1.165, 1.54) is 0 Å². The second-order valence-corrected chi connectivity index (χ2v) is 9.17. The normalized spacial score (nSPS) is 22.1. The first-order valence-corrected chi connectivity index (χ1v) is 11.6. The number of morpholine rings is 1. The number of anilines is 1. The molecule has 0 spiro atoms. The molecule has 2 aliphatic heterocycles. The maximum atomic E-state index is 12.7. The predicted molar refractivity (Wildman–Crippen MR) is 130 cm³/mol. The number of ketones is 1. The van der Waals surface area contributed by atoms with Crippen molar-refractivity contribution in [1.29, 1.82) is 0 Å². The number of ether oxygens (including phenoxy) is 1. The Hall–Kier alpha value is -3.62. The number of aromatic nitrogens is 4. The summed E-state index contributed by atoms with van der Waals surface area (Å²) in [4.78, 5) is 22.3. The highest BCUT2D eigenvalue weighted by atomic mass is 16.5. The van der Waals surface area contributed by atoms with Crippen LogP contribution in [0.2, 0.25) is 0 Å². The van der Waals surface area contributed by atoms with Crippen LogP contribution in [-0.4, -0.2) is 50.7 Å². The van der Waals surface area contributed by atoms with Gasteiger partial charge in [-0.1, -0.05) is 36.4 Å². The van der Waals surface area contributed by atoms with Crippen molar-refractivity contribution in [2.75, 3.05) is 18.9 Å². The van der Waals surface area contributed by atoms with Gasteiger partial charge in [-0.3, -0.25) is 9.78 Å². The number of pyridine rings is 1. The summed E-state index contributed by atoms with van der Waals surface area (Å²) < 4.78 is 7.28. The number of nitrogen functional groups attached to an aromatic ring is 1. The first kappa shape index (κ1) is 20.9. The summed E-state index contributed by atoms with van der Waals surface area (Å²) in [6.07, 6.45) is 5.30. The standard InChI is InChI=1S/C26H26N6O2/c1-15(33)23-24(18-9-19-13-34-14-20(10-18)30-19)31-26-21(12-29-32(26)25(23)27)17-7-8-22(28-11-17)16-5-3-2-4-6-16/h2-8,11-12,18-20,30H,9-10,13-14,27H2,1H3. The topological polar surface area (TPSA) is 107 Å². The van der Waals surface area contributed by atoms with Crippen LogP contribution in [0.15, 0.2) is 54.9 Å². The molecule has 0 saturated carbocycles. The van der Waals surface area contributed by atoms with Gasteiger partial charge in [-0.05, 0) is 25.8 Å². The molecule has 3 aromatic heterocycles. The van der Waals surface area contributed by atoms with E-state index in [1.807, 2.05) is 48.7 Å². The SMILES string of the molecule is CC(=O)c1c(C2CC3COCC(C2)N3)nc2c(-c3ccc(-c4ccccc4)nc3)cnn2c1N. The van der Waals surface area contributed by atoms with Crippen molar-refractivity contribution in [3.63, 3.8) is 0 Å². The number of nitrogens with two attached hydrogens (primary N) is 1. The molecule has 8 heteroatoms. The minimum Gasteiger partial charge on any atom is -0.383 e. The van der Waals surface area contributed by atoms with E-state index in [2.05, 4.69) is 15.4 Å². The van der Waals surface area contributed by atoms with Gasteiger partial charge in [0.15, 0.2) is 11.4 Å². The number of nitrogens with one attached hydrogen (secondary N) is 1. The molecule has 5 heterocycles. The first-order valence-electron chi connectivity index (χ1n) is 11.6. The maximum Gasteiger partial charge on any atom is 0.165 e. The lowest BCUT2D eigenvalue weighted by Gasteiger charge is -2.40. The summed E-state index contributed by atoms with van der Waals surface area (Å²) in [7, 11) is 0. The fourth-order valence-electron chi connectivity index (χ4n) is 5.29. The Labute approximate surface area is 197 Å². The molecule has 0 amide bonds. The van der Waals surface area contributed by atoms with Gasteiger partial charge in [0.05, 0.1) is 36.4 Å². The summed E-state index contributed by atoms with van der Waals surface area (Å²) in [5.74, 6) is 0.382. The molecule has 2 fully saturated rings. The second kappa shape index (κ2) is 8.30. The molecule has 3 N–H and O–H groups in total. The van der Waals surface area contributed by atoms with E-state index in [-0.39, 0.29) is 23.8 Å². The number of carbonyl (C=O) groups excluding carboxylic acids is 1. The molecule has 2 bridgehead atoms. The molecular formula is C26H26N6O2. The zero-order valence-corrected chi connectivity index (χ0v) is 18.9. The number of piperidine rings is 1. The third kappa shape index (κ3) is 3.55. The van der Waals surface area contributed by atoms with Crippen molar-refractivity contribution in [3.8, 4) is 22.4 Å². The number of Topliss-reactive ketones (excluding diaryl/α,β-unsaturated/α-hetero) is 1. The number of benzene rings is 1. The molecule has 6 rings (SSSR count). The molecule has 1 aromatic carbocycles. The fraction of sp³-hybridized carbons (Fsp3) is 0.308. The van der Waals surface area contributed by atoms with Gasteiger partial charge < -0.3 is 15.8 Å². The lowest BCUT2D eigenvalue weighted by molar-refractivity contribution is 0.0176. The fourth-order valence-corrected chi connectivity index (χ4v) is 5.29. The van der Waals surface area contributed by atoms with Crippen molar-refractivity contribution >= 4 is 17.2 Å². The first-order chi connectivity index (χ1) is 16.6. The van der Waals surface area contributed by atoms with Gasteiger partial charge >= 0.3 is 0 Å². The van der Waals surface area contributed by atoms with Crippen LogP contribution in [0.4, 0.5) is 5.82 Å². The van der Waals surface area contributed by atoms with Gasteiger partial charge in [0.1, 0.15) is 5.82 Å². The molecule has 0 radical (unpaired) electrons. The van der Waals surface area contributed by atoms with Crippen LogP contribution in [0.1, 0.15) is 41.7 Å². The Morgan fingerprint density at radius 2 is 1.82 bits per heavy atom. The molecule has 0 aliphatic carbocycles. The van der Waals surface area contributed by atoms with Crippen LogP contribution < -0.4 is 11.1 Å². The van der Waals surface area contributed by atoms with E-state index >= 15 is 0 Å². The molecule has 8 nitrogen and oxygen atoms in total. The Morgan fingerprint density at radius 1 is 1.06 bits per heavy atom. The summed E-state index contributed by atoms with van der Waals surface area (Å²) in [6.45, 7) is 2.90. The van der Waals surface area contributed by atoms with E-state index < -0.39 is 0 Å². The smallest absolute Gasteiger partial charge is 0.165 e. The highest BCUT2D eigenvalue weighted by Gasteiger charge is 2.36. The van der Waals surface area contributed by atoms with Crippen LogP contribution in [0.25, 0.3) is 28.0 Å². The Kier molecular flexibility index (Phi) is 5.12. The number of rotatable bonds is 4. The van der Waals surface area contributed by atoms with E-state index in [0.717, 1.165) is 40.9 Å². The van der Waals surface area contributed by atoms with Gasteiger partial charge in [-0.2, -0.15) is 9.61 Å². The van der Waals surface area contributed by atoms with E-state index in [0.29, 0.717) is 30.2 Å². The Morgan fingerprint density at radius 3 is 2.50 bits per heavy atom. The molecule has 2 aliphatic rings. The molecule has 2 saturated heterocycles. The third-order valence-corrected chi connectivity index (χ3v) is 6.84. The summed E-state index contributed by atoms with van der Waals surface area (Å²) >= 11 is 0. The van der Waals surface area contributed by atoms with Crippen molar-refractivity contribution in [3.05, 3.63) is 66.1 Å². The molecule has 172 valence electrons. The molecule has 2 unspecified atom stereocenters. The molecule has 2 atom stereocenters. The van der Waals surface area contributed by atoms with Gasteiger partial charge in [-0.25, -0.2) is 4.98 Å². The predicted octanol–water partition coefficient (Wildman–Crippen LogP) is 3.48. The molecular weight excluding hydrogens is 428 g/mol. The minimum atomic E-state index is -0.0900. The van der Waals surface area contributed by atoms with Crippen LogP contribution in [0, 0.1) is 0 Å². The van der Waals surface area contributed by atoms with Crippen molar-refractivity contribution in [2.45, 2.75) is 37.8 Å². The van der Waals surface area contributed by atoms with Crippen LogP contribution >= 0.6 is 0 Å². The summed E-state index contributed by atoms with van der Waals surface area (Å²) in [6, 6.07) is 14.6. The Balaban J connectivity index is 1.44. The monoisotopic (exact) mass is 454 g/mol. The second-order valence-electron chi connectivity index (χ2n) is 9.17. The lowest BCUT2D eigenvalue weighted by atomic mass is 9.82. The van der Waals surface area contributed by atoms with Crippen LogP contribution in [-0.2, 0) is 4.74 Å². The molecule has 34 heavy (non-hydrogen) atoms. The zero-order valence-electron chi connectivity index (χ0n) is 18.9. The van der Waals surface area contributed by atoms with E-state index in [4.69, 9.17) is 15.5 Å². The minimum absolute atomic E-state index is 0.0900. The maximum absolute atomic E-state index is 12.7. The van der Waals surface area contributed by atoms with Gasteiger partial charge in [0.25, 0.3) is 0 Å². The van der Waals surface area contributed by atoms with Gasteiger partial charge in [-0.15, -0.1) is 0 Å². The van der Waals surface area contributed by atoms with Crippen molar-refractivity contribution in [1.82, 2.24) is 24.9 Å². The number of hydrogen-bond donors (Lipinski definition) is 2. The van der Waals surface area contributed by atoms with Crippen LogP contribution in [0.5, 0.6) is 0 Å². The van der Waals surface area contributed by atoms with E-state index in [9.17, 15) is 4.79 Å². The quantitative estimate of drug-likeness (QED) is 0.455. The number of carbonyl (C=O) groups is 1. The van der Waals surface area contributed by atoms with Crippen molar-refractivity contribution < 1.29 is 9.53 Å². The number of fused-ring (bicyclic) bond motifs is 3. The summed E-state index contributed by atoms with van der Waals surface area (Å²) in [5.41, 5.74) is 12.1. The van der Waals surface area contributed by atoms with E-state index in [1.54, 1.807) is 17.6 Å². The average Bonchev–Trinajstić information content (AvgIpc) is 3.28. The number of hydrogen-bond acceptors (Lipinski definition) is 7. The highest BCUT2D eigenvalue weighted by molar-refractivity contribution is 6.00. The number of nitrogens with zero attached hydrogens (tertiary/aromatic N) is 4. The zero-order chi connectivity index (χ0) is 23.2. The Bertz CT molecular complexity index is 1350. The largest absolute Gasteiger partial charge is 0.383 e. The molecule has 4 aromatic rings. The van der Waals surface area contributed by atoms with Crippen molar-refractivity contribution in [2.24, 2.45) is 0 Å². The highest BCUT2D eigenvalue weighted by Crippen LogP contribution is 2.37. The summed E-state index contributed by atoms with van der Waals surface area (Å²) in [5, 5.41) is 8.09. The third-order valence-electron chi connectivity index (χ3n) is 6.84. The van der Waals surface area contributed by atoms with Gasteiger partial charge in [0.2, 0.25) is 0 Å². The lowest BCUT2D eigenvalue weighted by Crippen LogP contribution is -2.53.